The Bertz CT molecular complexity index is 774. The molecule has 8 heteroatoms. The smallest absolute Gasteiger partial charge is 0.230 e. The monoisotopic (exact) mass is 380 g/mol. The van der Waals surface area contributed by atoms with Gasteiger partial charge in [0.25, 0.3) is 0 Å². The zero-order chi connectivity index (χ0) is 18.8. The van der Waals surface area contributed by atoms with E-state index in [1.807, 2.05) is 18.3 Å². The molecule has 0 saturated carbocycles. The third-order valence-electron chi connectivity index (χ3n) is 6.52. The Morgan fingerprint density at radius 3 is 2.14 bits per heavy atom. The van der Waals surface area contributed by atoms with Gasteiger partial charge in [0.15, 0.2) is 0 Å². The second-order valence-electron chi connectivity index (χ2n) is 8.16. The quantitative estimate of drug-likeness (QED) is 0.851. The van der Waals surface area contributed by atoms with Crippen molar-refractivity contribution in [2.24, 2.45) is 5.41 Å². The van der Waals surface area contributed by atoms with E-state index in [2.05, 4.69) is 41.0 Å². The van der Waals surface area contributed by atoms with Crippen molar-refractivity contribution in [1.29, 1.82) is 0 Å². The Labute approximate surface area is 166 Å². The lowest BCUT2D eigenvalue weighted by molar-refractivity contribution is 0.246. The zero-order valence-corrected chi connectivity index (χ0v) is 16.3. The summed E-state index contributed by atoms with van der Waals surface area (Å²) < 4.78 is 0. The van der Waals surface area contributed by atoms with Crippen LogP contribution in [0.3, 0.4) is 0 Å². The first-order valence-electron chi connectivity index (χ1n) is 10.4. The molecule has 0 unspecified atom stereocenters. The fourth-order valence-electron chi connectivity index (χ4n) is 4.66. The average Bonchev–Trinajstić information content (AvgIpc) is 3.23. The molecule has 8 nitrogen and oxygen atoms in total. The zero-order valence-electron chi connectivity index (χ0n) is 16.3. The number of aromatic nitrogens is 4. The minimum absolute atomic E-state index is 0.508. The van der Waals surface area contributed by atoms with Crippen molar-refractivity contribution in [3.8, 4) is 0 Å². The number of piperidine rings is 1. The minimum atomic E-state index is 0.508. The number of piperazine rings is 1. The maximum Gasteiger partial charge on any atom is 0.230 e. The van der Waals surface area contributed by atoms with Gasteiger partial charge in [-0.15, -0.1) is 0 Å². The van der Waals surface area contributed by atoms with Crippen LogP contribution in [-0.2, 0) is 0 Å². The second kappa shape index (κ2) is 7.50. The average molecular weight is 381 g/mol. The van der Waals surface area contributed by atoms with E-state index in [1.165, 1.54) is 32.4 Å². The van der Waals surface area contributed by atoms with Crippen molar-refractivity contribution >= 4 is 17.7 Å². The highest BCUT2D eigenvalue weighted by molar-refractivity contribution is 5.43. The standard InChI is InChI=1S/C20H28N8/c1-2-7-22-17(3-1)26-11-13-28(14-12-26)19-24-16-23-18(25-19)27-9-5-20(6-10-27)4-8-21-15-20/h1-3,7,16,21H,4-6,8-15H2. The van der Waals surface area contributed by atoms with Crippen molar-refractivity contribution in [1.82, 2.24) is 25.3 Å². The summed E-state index contributed by atoms with van der Waals surface area (Å²) in [4.78, 5) is 25.1. The van der Waals surface area contributed by atoms with Crippen LogP contribution in [0.1, 0.15) is 19.3 Å². The molecule has 0 aromatic carbocycles. The fourth-order valence-corrected chi connectivity index (χ4v) is 4.66. The summed E-state index contributed by atoms with van der Waals surface area (Å²) in [7, 11) is 0. The van der Waals surface area contributed by atoms with E-state index in [-0.39, 0.29) is 0 Å². The van der Waals surface area contributed by atoms with Gasteiger partial charge in [0.1, 0.15) is 12.1 Å². The van der Waals surface area contributed by atoms with Gasteiger partial charge in [-0.2, -0.15) is 4.98 Å². The van der Waals surface area contributed by atoms with Crippen molar-refractivity contribution < 1.29 is 0 Å². The highest BCUT2D eigenvalue weighted by atomic mass is 15.4. The largest absolute Gasteiger partial charge is 0.353 e. The molecule has 0 radical (unpaired) electrons. The summed E-state index contributed by atoms with van der Waals surface area (Å²) in [6, 6.07) is 6.06. The Morgan fingerprint density at radius 1 is 0.786 bits per heavy atom. The van der Waals surface area contributed by atoms with Gasteiger partial charge in [-0.05, 0) is 43.4 Å². The lowest BCUT2D eigenvalue weighted by Crippen LogP contribution is -2.47. The number of nitrogens with one attached hydrogen (secondary N) is 1. The van der Waals surface area contributed by atoms with Gasteiger partial charge in [-0.1, -0.05) is 6.07 Å². The van der Waals surface area contributed by atoms with Crippen LogP contribution in [0.2, 0.25) is 0 Å². The number of hydrogen-bond acceptors (Lipinski definition) is 8. The van der Waals surface area contributed by atoms with Gasteiger partial charge >= 0.3 is 0 Å². The first kappa shape index (κ1) is 17.6. The highest BCUT2D eigenvalue weighted by Gasteiger charge is 2.37. The maximum absolute atomic E-state index is 4.81. The van der Waals surface area contributed by atoms with E-state index in [0.29, 0.717) is 5.41 Å². The summed E-state index contributed by atoms with van der Waals surface area (Å²) in [5.41, 5.74) is 0.508. The van der Waals surface area contributed by atoms with E-state index >= 15 is 0 Å². The van der Waals surface area contributed by atoms with Gasteiger partial charge in [0.2, 0.25) is 11.9 Å². The van der Waals surface area contributed by atoms with Crippen LogP contribution in [0.15, 0.2) is 30.7 Å². The molecule has 0 atom stereocenters. The molecule has 0 aliphatic carbocycles. The Morgan fingerprint density at radius 2 is 1.50 bits per heavy atom. The lowest BCUT2D eigenvalue weighted by atomic mass is 9.78. The molecular formula is C20H28N8. The first-order chi connectivity index (χ1) is 13.8. The molecule has 3 saturated heterocycles. The van der Waals surface area contributed by atoms with Crippen molar-refractivity contribution in [3.05, 3.63) is 30.7 Å². The van der Waals surface area contributed by atoms with Crippen LogP contribution in [-0.4, -0.2) is 72.3 Å². The Kier molecular flexibility index (Phi) is 4.72. The number of anilines is 3. The molecule has 2 aromatic heterocycles. The minimum Gasteiger partial charge on any atom is -0.353 e. The normalized spacial score (nSPS) is 22.1. The number of hydrogen-bond donors (Lipinski definition) is 1. The molecule has 5 rings (SSSR count). The first-order valence-corrected chi connectivity index (χ1v) is 10.4. The molecule has 2 aromatic rings. The van der Waals surface area contributed by atoms with E-state index < -0.39 is 0 Å². The molecule has 3 aliphatic heterocycles. The van der Waals surface area contributed by atoms with Crippen molar-refractivity contribution in [3.63, 3.8) is 0 Å². The van der Waals surface area contributed by atoms with Gasteiger partial charge in [0.05, 0.1) is 0 Å². The summed E-state index contributed by atoms with van der Waals surface area (Å²) in [6.07, 6.45) is 7.28. The molecule has 3 aliphatic rings. The van der Waals surface area contributed by atoms with Crippen molar-refractivity contribution in [2.45, 2.75) is 19.3 Å². The van der Waals surface area contributed by atoms with Gasteiger partial charge in [-0.3, -0.25) is 0 Å². The van der Waals surface area contributed by atoms with E-state index in [0.717, 1.165) is 57.0 Å². The van der Waals surface area contributed by atoms with Crippen LogP contribution in [0, 0.1) is 5.41 Å². The summed E-state index contributed by atoms with van der Waals surface area (Å²) >= 11 is 0. The second-order valence-corrected chi connectivity index (χ2v) is 8.16. The van der Waals surface area contributed by atoms with E-state index in [9.17, 15) is 0 Å². The number of rotatable bonds is 3. The molecule has 0 amide bonds. The summed E-state index contributed by atoms with van der Waals surface area (Å²) in [6.45, 7) is 8.07. The van der Waals surface area contributed by atoms with Gasteiger partial charge in [0, 0.05) is 52.0 Å². The van der Waals surface area contributed by atoms with Crippen molar-refractivity contribution in [2.75, 3.05) is 67.1 Å². The van der Waals surface area contributed by atoms with E-state index in [4.69, 9.17) is 4.98 Å². The fraction of sp³-hybridized carbons (Fsp3) is 0.600. The van der Waals surface area contributed by atoms with Crippen LogP contribution in [0.25, 0.3) is 0 Å². The molecule has 5 heterocycles. The summed E-state index contributed by atoms with van der Waals surface area (Å²) in [5.74, 6) is 2.67. The SMILES string of the molecule is c1ccc(N2CCN(c3ncnc(N4CCC5(CCNC5)CC4)n3)CC2)nc1. The van der Waals surface area contributed by atoms with Crippen LogP contribution in [0.4, 0.5) is 17.7 Å². The predicted molar refractivity (Wildman–Crippen MR) is 110 cm³/mol. The van der Waals surface area contributed by atoms with Gasteiger partial charge in [-0.25, -0.2) is 15.0 Å². The summed E-state index contributed by atoms with van der Waals surface area (Å²) in [5, 5.41) is 3.53. The highest BCUT2D eigenvalue weighted by Crippen LogP contribution is 2.37. The molecule has 148 valence electrons. The van der Waals surface area contributed by atoms with Crippen LogP contribution in [0.5, 0.6) is 0 Å². The number of pyridine rings is 1. The molecule has 28 heavy (non-hydrogen) atoms. The molecule has 1 N–H and O–H groups in total. The predicted octanol–water partition coefficient (Wildman–Crippen LogP) is 1.17. The third kappa shape index (κ3) is 3.48. The molecular weight excluding hydrogens is 352 g/mol. The third-order valence-corrected chi connectivity index (χ3v) is 6.52. The maximum atomic E-state index is 4.81. The molecule has 1 spiro atoms. The lowest BCUT2D eigenvalue weighted by Gasteiger charge is -2.39. The molecule has 0 bridgehead atoms. The topological polar surface area (TPSA) is 73.3 Å². The van der Waals surface area contributed by atoms with E-state index in [1.54, 1.807) is 6.33 Å². The van der Waals surface area contributed by atoms with Crippen LogP contribution < -0.4 is 20.0 Å². The number of nitrogens with zero attached hydrogens (tertiary/aromatic N) is 7. The van der Waals surface area contributed by atoms with Crippen LogP contribution >= 0.6 is 0 Å². The Hall–Kier alpha value is -2.48. The molecule has 3 fully saturated rings. The Balaban J connectivity index is 1.22. The van der Waals surface area contributed by atoms with Gasteiger partial charge < -0.3 is 20.0 Å².